The van der Waals surface area contributed by atoms with Gasteiger partial charge in [0.15, 0.2) is 0 Å². The second kappa shape index (κ2) is 6.15. The van der Waals surface area contributed by atoms with Gasteiger partial charge in [-0.15, -0.1) is 0 Å². The van der Waals surface area contributed by atoms with E-state index in [0.717, 1.165) is 0 Å². The van der Waals surface area contributed by atoms with E-state index in [9.17, 15) is 4.39 Å². The zero-order valence-corrected chi connectivity index (χ0v) is 10.1. The molecule has 0 N–H and O–H groups in total. The van der Waals surface area contributed by atoms with Crippen LogP contribution in [0, 0.1) is 12.0 Å². The molecule has 0 saturated carbocycles. The maximum atomic E-state index is 12.9. The van der Waals surface area contributed by atoms with Gasteiger partial charge in [-0.3, -0.25) is 0 Å². The minimum atomic E-state index is -0.454. The summed E-state index contributed by atoms with van der Waals surface area (Å²) < 4.78 is 12.9. The minimum absolute atomic E-state index is 0. The van der Waals surface area contributed by atoms with E-state index < -0.39 is 5.95 Å². The maximum absolute atomic E-state index is 12.9. The normalized spacial score (nSPS) is 10.3. The SMILES string of the molecule is CC(C)N(c1[c-]ccc(F)n1)C(C)C.[Li+]. The number of pyridine rings is 1. The first-order valence-corrected chi connectivity index (χ1v) is 4.85. The molecule has 0 atom stereocenters. The summed E-state index contributed by atoms with van der Waals surface area (Å²) in [5.41, 5.74) is 0. The van der Waals surface area contributed by atoms with Gasteiger partial charge in [0.25, 0.3) is 0 Å². The topological polar surface area (TPSA) is 16.1 Å². The van der Waals surface area contributed by atoms with Crippen molar-refractivity contribution in [3.8, 4) is 0 Å². The van der Waals surface area contributed by atoms with Crippen molar-refractivity contribution < 1.29 is 23.3 Å². The van der Waals surface area contributed by atoms with Crippen LogP contribution in [0.3, 0.4) is 0 Å². The van der Waals surface area contributed by atoms with Gasteiger partial charge in [0, 0.05) is 17.9 Å². The Kier molecular flexibility index (Phi) is 5.93. The molecule has 0 bridgehead atoms. The Balaban J connectivity index is 0.00000196. The fourth-order valence-corrected chi connectivity index (χ4v) is 1.57. The van der Waals surface area contributed by atoms with Gasteiger partial charge in [0.1, 0.15) is 5.95 Å². The number of rotatable bonds is 3. The fraction of sp³-hybridized carbons (Fsp3) is 0.545. The first-order valence-electron chi connectivity index (χ1n) is 4.85. The number of aromatic nitrogens is 1. The Labute approximate surface area is 103 Å². The summed E-state index contributed by atoms with van der Waals surface area (Å²) in [6.45, 7) is 8.22. The van der Waals surface area contributed by atoms with Crippen molar-refractivity contribution in [2.45, 2.75) is 39.8 Å². The van der Waals surface area contributed by atoms with Crippen LogP contribution >= 0.6 is 0 Å². The monoisotopic (exact) mass is 202 g/mol. The van der Waals surface area contributed by atoms with E-state index >= 15 is 0 Å². The summed E-state index contributed by atoms with van der Waals surface area (Å²) in [5, 5.41) is 0. The number of nitrogens with zero attached hydrogens (tertiary/aromatic N) is 2. The van der Waals surface area contributed by atoms with Gasteiger partial charge in [-0.25, -0.2) is 21.5 Å². The van der Waals surface area contributed by atoms with Crippen molar-refractivity contribution in [2.75, 3.05) is 4.90 Å². The van der Waals surface area contributed by atoms with Crippen LogP contribution in [0.1, 0.15) is 27.7 Å². The molecule has 1 rings (SSSR count). The molecule has 2 nitrogen and oxygen atoms in total. The van der Waals surface area contributed by atoms with Crippen LogP contribution in [0.15, 0.2) is 12.1 Å². The van der Waals surface area contributed by atoms with Gasteiger partial charge in [-0.2, -0.15) is 6.07 Å². The average Bonchev–Trinajstić information content (AvgIpc) is 2.02. The fourth-order valence-electron chi connectivity index (χ4n) is 1.57. The van der Waals surface area contributed by atoms with Crippen LogP contribution in [-0.4, -0.2) is 17.1 Å². The van der Waals surface area contributed by atoms with Gasteiger partial charge in [0.05, 0.1) is 0 Å². The predicted octanol–water partition coefficient (Wildman–Crippen LogP) is -0.352. The summed E-state index contributed by atoms with van der Waals surface area (Å²) in [4.78, 5) is 5.85. The summed E-state index contributed by atoms with van der Waals surface area (Å²) in [6.07, 6.45) is 0. The van der Waals surface area contributed by atoms with E-state index in [1.807, 2.05) is 4.90 Å². The van der Waals surface area contributed by atoms with Crippen molar-refractivity contribution >= 4 is 5.82 Å². The van der Waals surface area contributed by atoms with Crippen LogP contribution < -0.4 is 23.8 Å². The van der Waals surface area contributed by atoms with Crippen LogP contribution in [-0.2, 0) is 0 Å². The molecule has 1 aromatic rings. The minimum Gasteiger partial charge on any atom is -0.367 e. The van der Waals surface area contributed by atoms with Crippen LogP contribution in [0.2, 0.25) is 0 Å². The van der Waals surface area contributed by atoms with Gasteiger partial charge < -0.3 is 4.90 Å². The largest absolute Gasteiger partial charge is 1.00 e. The molecule has 1 aromatic heterocycles. The first kappa shape index (κ1) is 14.5. The molecule has 0 radical (unpaired) electrons. The Morgan fingerprint density at radius 2 is 1.80 bits per heavy atom. The third-order valence-electron chi connectivity index (χ3n) is 2.00. The summed E-state index contributed by atoms with van der Waals surface area (Å²) in [5.74, 6) is 0.125. The molecule has 0 aliphatic carbocycles. The number of anilines is 1. The number of hydrogen-bond acceptors (Lipinski definition) is 2. The zero-order chi connectivity index (χ0) is 10.7. The van der Waals surface area contributed by atoms with Crippen LogP contribution in [0.4, 0.5) is 10.2 Å². The summed E-state index contributed by atoms with van der Waals surface area (Å²) in [6, 6.07) is 6.40. The molecule has 0 unspecified atom stereocenters. The van der Waals surface area contributed by atoms with Gasteiger partial charge in [-0.05, 0) is 27.7 Å². The summed E-state index contributed by atoms with van der Waals surface area (Å²) in [7, 11) is 0. The molecular formula is C11H16FLiN2. The van der Waals surface area contributed by atoms with E-state index in [2.05, 4.69) is 38.7 Å². The van der Waals surface area contributed by atoms with E-state index in [0.29, 0.717) is 17.9 Å². The maximum Gasteiger partial charge on any atom is 1.00 e. The first-order chi connectivity index (χ1) is 6.52. The van der Waals surface area contributed by atoms with Crippen LogP contribution in [0.5, 0.6) is 0 Å². The Hall–Kier alpha value is -0.523. The second-order valence-electron chi connectivity index (χ2n) is 3.83. The molecule has 4 heteroatoms. The molecule has 0 aliphatic rings. The molecule has 0 aromatic carbocycles. The van der Waals surface area contributed by atoms with Crippen molar-refractivity contribution in [2.24, 2.45) is 0 Å². The quantitative estimate of drug-likeness (QED) is 0.378. The molecule has 78 valence electrons. The Morgan fingerprint density at radius 1 is 1.27 bits per heavy atom. The molecule has 0 amide bonds. The third kappa shape index (κ3) is 3.85. The Morgan fingerprint density at radius 3 is 2.20 bits per heavy atom. The average molecular weight is 202 g/mol. The van der Waals surface area contributed by atoms with E-state index in [-0.39, 0.29) is 18.9 Å². The summed E-state index contributed by atoms with van der Waals surface area (Å²) >= 11 is 0. The van der Waals surface area contributed by atoms with Crippen molar-refractivity contribution in [1.82, 2.24) is 4.98 Å². The molecule has 1 heterocycles. The van der Waals surface area contributed by atoms with E-state index in [1.165, 1.54) is 6.07 Å². The Bertz CT molecular complexity index is 294. The van der Waals surface area contributed by atoms with Crippen molar-refractivity contribution in [3.05, 3.63) is 24.1 Å². The molecule has 0 fully saturated rings. The molecule has 0 spiro atoms. The smallest absolute Gasteiger partial charge is 0.367 e. The predicted molar refractivity (Wildman–Crippen MR) is 55.8 cm³/mol. The van der Waals surface area contributed by atoms with Crippen molar-refractivity contribution in [3.63, 3.8) is 0 Å². The van der Waals surface area contributed by atoms with E-state index in [1.54, 1.807) is 6.07 Å². The standard InChI is InChI=1S/C11H16FN2.Li/c1-8(2)14(9(3)4)11-7-5-6-10(12)13-11;/h5-6,8-9H,1-4H3;/q-1;+1. The third-order valence-corrected chi connectivity index (χ3v) is 2.00. The molecule has 15 heavy (non-hydrogen) atoms. The van der Waals surface area contributed by atoms with Gasteiger partial charge in [0.2, 0.25) is 0 Å². The van der Waals surface area contributed by atoms with Crippen molar-refractivity contribution in [1.29, 1.82) is 0 Å². The van der Waals surface area contributed by atoms with Crippen LogP contribution in [0.25, 0.3) is 0 Å². The van der Waals surface area contributed by atoms with E-state index in [4.69, 9.17) is 0 Å². The molecule has 0 aliphatic heterocycles. The number of halogens is 1. The van der Waals surface area contributed by atoms with Gasteiger partial charge >= 0.3 is 18.9 Å². The molecular weight excluding hydrogens is 186 g/mol. The molecule has 0 saturated heterocycles. The zero-order valence-electron chi connectivity index (χ0n) is 10.1. The second-order valence-corrected chi connectivity index (χ2v) is 3.83. The number of hydrogen-bond donors (Lipinski definition) is 0. The van der Waals surface area contributed by atoms with Gasteiger partial charge in [-0.1, -0.05) is 0 Å².